The number of hydrogen-bond acceptors (Lipinski definition) is 10. The van der Waals surface area contributed by atoms with E-state index in [2.05, 4.69) is 25.9 Å². The molecule has 0 bridgehead atoms. The molecule has 0 aliphatic carbocycles. The topological polar surface area (TPSA) is 204 Å². The fraction of sp³-hybridized carbons (Fsp3) is 0.191. The average molecular weight is 919 g/mol. The second-order valence-electron chi connectivity index (χ2n) is 15.2. The Labute approximate surface area is 382 Å². The Morgan fingerprint density at radius 3 is 1.34 bits per heavy atom. The van der Waals surface area contributed by atoms with Crippen LogP contribution in [-0.4, -0.2) is 45.2 Å². The van der Waals surface area contributed by atoms with Crippen LogP contribution in [0.2, 0.25) is 10.0 Å². The van der Waals surface area contributed by atoms with E-state index < -0.39 is 28.7 Å². The van der Waals surface area contributed by atoms with Crippen LogP contribution < -0.4 is 38.7 Å². The molecule has 0 unspecified atom stereocenters. The number of carboxylic acids is 1. The molecule has 5 aromatic carbocycles. The van der Waals surface area contributed by atoms with Gasteiger partial charge in [-0.2, -0.15) is 9.97 Å². The number of nitrogens with zero attached hydrogens (tertiary/aromatic N) is 6. The highest BCUT2D eigenvalue weighted by atomic mass is 35.5. The zero-order chi connectivity index (χ0) is 46.8. The lowest BCUT2D eigenvalue weighted by Crippen LogP contribution is -2.43. The SMILES string of the molecule is CC(C)n1c(=O)nc(Nc2ccc(C(=O)NCc3ccccc3)cc2)n(Cc2ccc(Cl)cc2)c1=O.CC(C)n1c(=O)nc(Nc2ccc(C(=O)O)cc2)n(Cc2ccc(Cl)cc2)c1=O. The van der Waals surface area contributed by atoms with Gasteiger partial charge in [0.05, 0.1) is 18.7 Å². The monoisotopic (exact) mass is 917 g/mol. The van der Waals surface area contributed by atoms with E-state index in [4.69, 9.17) is 28.3 Å². The maximum atomic E-state index is 13.2. The van der Waals surface area contributed by atoms with Crippen LogP contribution in [0.4, 0.5) is 23.3 Å². The summed E-state index contributed by atoms with van der Waals surface area (Å²) in [6.07, 6.45) is 0. The van der Waals surface area contributed by atoms with Gasteiger partial charge in [0.25, 0.3) is 5.91 Å². The third-order valence-corrected chi connectivity index (χ3v) is 10.3. The van der Waals surface area contributed by atoms with Crippen LogP contribution >= 0.6 is 23.2 Å². The molecule has 0 fully saturated rings. The first kappa shape index (κ1) is 46.9. The van der Waals surface area contributed by atoms with Gasteiger partial charge in [-0.3, -0.25) is 13.9 Å². The number of anilines is 4. The van der Waals surface area contributed by atoms with Crippen molar-refractivity contribution < 1.29 is 14.7 Å². The second-order valence-corrected chi connectivity index (χ2v) is 16.1. The fourth-order valence-corrected chi connectivity index (χ4v) is 6.71. The van der Waals surface area contributed by atoms with E-state index in [0.717, 1.165) is 25.8 Å². The molecule has 18 heteroatoms. The third-order valence-electron chi connectivity index (χ3n) is 9.83. The van der Waals surface area contributed by atoms with Crippen molar-refractivity contribution >= 4 is 58.3 Å². The number of aromatic carboxylic acids is 1. The Bertz CT molecular complexity index is 3020. The summed E-state index contributed by atoms with van der Waals surface area (Å²) >= 11 is 11.9. The molecule has 7 aromatic rings. The van der Waals surface area contributed by atoms with Crippen molar-refractivity contribution in [2.45, 2.75) is 59.4 Å². The molecule has 0 aliphatic heterocycles. The average Bonchev–Trinajstić information content (AvgIpc) is 3.27. The quantitative estimate of drug-likeness (QED) is 0.0842. The molecule has 0 aliphatic rings. The molecule has 0 radical (unpaired) electrons. The van der Waals surface area contributed by atoms with Gasteiger partial charge < -0.3 is 21.1 Å². The lowest BCUT2D eigenvalue weighted by atomic mass is 10.1. The summed E-state index contributed by atoms with van der Waals surface area (Å²) in [4.78, 5) is 82.9. The predicted molar refractivity (Wildman–Crippen MR) is 251 cm³/mol. The highest BCUT2D eigenvalue weighted by Gasteiger charge is 2.18. The van der Waals surface area contributed by atoms with Gasteiger partial charge in [0.15, 0.2) is 0 Å². The molecule has 334 valence electrons. The van der Waals surface area contributed by atoms with E-state index in [1.54, 1.807) is 88.4 Å². The Morgan fingerprint density at radius 2 is 0.954 bits per heavy atom. The van der Waals surface area contributed by atoms with Crippen LogP contribution in [0.1, 0.15) is 77.2 Å². The molecule has 65 heavy (non-hydrogen) atoms. The maximum Gasteiger partial charge on any atom is 0.355 e. The van der Waals surface area contributed by atoms with Gasteiger partial charge in [-0.1, -0.05) is 77.8 Å². The molecule has 0 atom stereocenters. The summed E-state index contributed by atoms with van der Waals surface area (Å²) in [5.74, 6) is -1.08. The van der Waals surface area contributed by atoms with Crippen molar-refractivity contribution in [2.75, 3.05) is 10.6 Å². The fourth-order valence-electron chi connectivity index (χ4n) is 6.46. The number of aromatic nitrogens is 6. The number of carbonyl (C=O) groups is 2. The van der Waals surface area contributed by atoms with Crippen LogP contribution in [0, 0.1) is 0 Å². The number of hydrogen-bond donors (Lipinski definition) is 4. The van der Waals surface area contributed by atoms with Crippen molar-refractivity contribution in [2.24, 2.45) is 0 Å². The molecule has 2 heterocycles. The molecular formula is C47H45Cl2N9O7. The Morgan fingerprint density at radius 1 is 0.554 bits per heavy atom. The molecule has 4 N–H and O–H groups in total. The summed E-state index contributed by atoms with van der Waals surface area (Å²) in [6, 6.07) is 35.7. The lowest BCUT2D eigenvalue weighted by molar-refractivity contribution is 0.0696. The molecule has 0 saturated heterocycles. The highest BCUT2D eigenvalue weighted by Crippen LogP contribution is 2.19. The minimum absolute atomic E-state index is 0.0647. The van der Waals surface area contributed by atoms with Crippen molar-refractivity contribution in [3.8, 4) is 0 Å². The Balaban J connectivity index is 0.000000221. The predicted octanol–water partition coefficient (Wildman–Crippen LogP) is 7.49. The third kappa shape index (κ3) is 12.1. The second kappa shape index (κ2) is 21.2. The number of carbonyl (C=O) groups excluding carboxylic acids is 1. The van der Waals surface area contributed by atoms with E-state index >= 15 is 0 Å². The Hall–Kier alpha value is -7.56. The van der Waals surface area contributed by atoms with Crippen LogP contribution in [0.5, 0.6) is 0 Å². The number of rotatable bonds is 14. The summed E-state index contributed by atoms with van der Waals surface area (Å²) < 4.78 is 4.96. The molecule has 0 saturated carbocycles. The maximum absolute atomic E-state index is 13.2. The first-order valence-corrected chi connectivity index (χ1v) is 21.1. The highest BCUT2D eigenvalue weighted by molar-refractivity contribution is 6.30. The number of amides is 1. The summed E-state index contributed by atoms with van der Waals surface area (Å²) in [6.45, 7) is 7.76. The first-order valence-electron chi connectivity index (χ1n) is 20.3. The van der Waals surface area contributed by atoms with Gasteiger partial charge in [0.2, 0.25) is 11.9 Å². The number of benzene rings is 5. The van der Waals surface area contributed by atoms with Crippen LogP contribution in [0.15, 0.2) is 147 Å². The van der Waals surface area contributed by atoms with Gasteiger partial charge in [-0.05, 0) is 117 Å². The number of halogens is 2. The molecule has 16 nitrogen and oxygen atoms in total. The van der Waals surface area contributed by atoms with Gasteiger partial charge in [-0.25, -0.2) is 33.1 Å². The zero-order valence-corrected chi connectivity index (χ0v) is 37.2. The molecule has 7 rings (SSSR count). The lowest BCUT2D eigenvalue weighted by Gasteiger charge is -2.17. The smallest absolute Gasteiger partial charge is 0.355 e. The van der Waals surface area contributed by atoms with Crippen molar-refractivity contribution in [1.82, 2.24) is 33.6 Å². The van der Waals surface area contributed by atoms with E-state index in [1.807, 2.05) is 42.5 Å². The van der Waals surface area contributed by atoms with Gasteiger partial charge in [0.1, 0.15) is 0 Å². The van der Waals surface area contributed by atoms with E-state index in [9.17, 15) is 28.8 Å². The molecule has 0 spiro atoms. The minimum atomic E-state index is -1.05. The van der Waals surface area contributed by atoms with E-state index in [-0.39, 0.29) is 48.5 Å². The van der Waals surface area contributed by atoms with Crippen LogP contribution in [0.25, 0.3) is 0 Å². The van der Waals surface area contributed by atoms with Gasteiger partial charge in [0, 0.05) is 45.6 Å². The molecule has 1 amide bonds. The summed E-state index contributed by atoms with van der Waals surface area (Å²) in [5, 5.41) is 19.1. The molecule has 2 aromatic heterocycles. The van der Waals surface area contributed by atoms with Crippen molar-refractivity contribution in [3.05, 3.63) is 207 Å². The van der Waals surface area contributed by atoms with Crippen LogP contribution in [0.3, 0.4) is 0 Å². The van der Waals surface area contributed by atoms with Gasteiger partial charge >= 0.3 is 28.7 Å². The standard InChI is InChI=1S/C27H26ClN5O3.C20H19ClN4O4/c1-18(2)33-26(35)31-25(32(27(33)36)17-20-8-12-22(28)13-9-20)30-23-14-10-21(11-15-23)24(34)29-16-19-6-4-3-5-7-19;1-12(2)25-19(28)23-18(22-16-9-5-14(6-10-16)17(26)27)24(20(25)29)11-13-3-7-15(21)8-4-13/h3-15,18H,16-17H2,1-2H3,(H,29,34)(H,30,31,35);3-10,12H,11H2,1-2H3,(H,26,27)(H,22,23,28). The molecular weight excluding hydrogens is 873 g/mol. The summed E-state index contributed by atoms with van der Waals surface area (Å²) in [7, 11) is 0. The number of nitrogens with one attached hydrogen (secondary N) is 3. The first-order chi connectivity index (χ1) is 31.1. The van der Waals surface area contributed by atoms with Crippen molar-refractivity contribution in [3.63, 3.8) is 0 Å². The number of carboxylic acid groups (broad SMARTS) is 1. The van der Waals surface area contributed by atoms with E-state index in [0.29, 0.717) is 33.5 Å². The zero-order valence-electron chi connectivity index (χ0n) is 35.7. The van der Waals surface area contributed by atoms with Gasteiger partial charge in [-0.15, -0.1) is 0 Å². The largest absolute Gasteiger partial charge is 0.478 e. The normalized spacial score (nSPS) is 10.9. The van der Waals surface area contributed by atoms with E-state index in [1.165, 1.54) is 33.4 Å². The minimum Gasteiger partial charge on any atom is -0.478 e. The van der Waals surface area contributed by atoms with Crippen LogP contribution in [-0.2, 0) is 19.6 Å². The Kier molecular flexibility index (Phi) is 15.3. The van der Waals surface area contributed by atoms with Crippen molar-refractivity contribution in [1.29, 1.82) is 0 Å². The summed E-state index contributed by atoms with van der Waals surface area (Å²) in [5.41, 5.74) is 2.03.